The van der Waals surface area contributed by atoms with Crippen LogP contribution < -0.4 is 9.64 Å². The molecule has 0 amide bonds. The van der Waals surface area contributed by atoms with Crippen LogP contribution in [-0.2, 0) is 13.0 Å². The Balaban J connectivity index is 0.000000420. The molecule has 1 aliphatic rings. The van der Waals surface area contributed by atoms with Crippen molar-refractivity contribution in [3.05, 3.63) is 83.7 Å². The second-order valence-corrected chi connectivity index (χ2v) is 8.23. The molecule has 0 radical (unpaired) electrons. The van der Waals surface area contributed by atoms with Gasteiger partial charge in [-0.05, 0) is 57.4 Å². The maximum Gasteiger partial charge on any atom is 0.258 e. The molecule has 35 heavy (non-hydrogen) atoms. The fourth-order valence-corrected chi connectivity index (χ4v) is 3.39. The van der Waals surface area contributed by atoms with Crippen molar-refractivity contribution in [1.82, 2.24) is 24.7 Å². The molecule has 1 aromatic carbocycles. The van der Waals surface area contributed by atoms with Crippen molar-refractivity contribution in [2.75, 3.05) is 12.0 Å². The van der Waals surface area contributed by atoms with Crippen LogP contribution >= 0.6 is 0 Å². The molecule has 7 nitrogen and oxygen atoms in total. The highest BCUT2D eigenvalue weighted by Crippen LogP contribution is 2.25. The van der Waals surface area contributed by atoms with Crippen LogP contribution in [0.15, 0.2) is 60.6 Å². The summed E-state index contributed by atoms with van der Waals surface area (Å²) in [5, 5.41) is 4.53. The summed E-state index contributed by atoms with van der Waals surface area (Å²) >= 11 is 0. The third-order valence-electron chi connectivity index (χ3n) is 5.00. The number of hydrogen-bond acceptors (Lipinski definition) is 6. The molecule has 0 N–H and O–H groups in total. The van der Waals surface area contributed by atoms with Crippen LogP contribution in [0.1, 0.15) is 57.4 Å². The smallest absolute Gasteiger partial charge is 0.258 e. The number of rotatable bonds is 7. The van der Waals surface area contributed by atoms with Crippen LogP contribution in [0.25, 0.3) is 12.2 Å². The molecule has 184 valence electrons. The highest BCUT2D eigenvalue weighted by atomic mass is 19.1. The zero-order valence-electron chi connectivity index (χ0n) is 20.9. The molecule has 4 rings (SSSR count). The van der Waals surface area contributed by atoms with Gasteiger partial charge in [-0.15, -0.1) is 0 Å². The predicted molar refractivity (Wildman–Crippen MR) is 138 cm³/mol. The minimum Gasteiger partial charge on any atom is -0.478 e. The van der Waals surface area contributed by atoms with Crippen LogP contribution in [0.4, 0.5) is 10.2 Å². The second-order valence-electron chi connectivity index (χ2n) is 8.23. The Morgan fingerprint density at radius 1 is 1.14 bits per heavy atom. The molecule has 3 heterocycles. The van der Waals surface area contributed by atoms with E-state index in [4.69, 9.17) is 4.74 Å². The van der Waals surface area contributed by atoms with Crippen molar-refractivity contribution in [2.24, 2.45) is 0 Å². The van der Waals surface area contributed by atoms with Gasteiger partial charge in [0.1, 0.15) is 11.6 Å². The number of methoxy groups -OCH3 is 1. The number of fused-ring (bicyclic) bond motifs is 1. The van der Waals surface area contributed by atoms with Gasteiger partial charge in [-0.1, -0.05) is 36.8 Å². The molecule has 8 heteroatoms. The monoisotopic (exact) mass is 476 g/mol. The molecule has 0 atom stereocenters. The van der Waals surface area contributed by atoms with Crippen molar-refractivity contribution >= 4 is 18.0 Å². The van der Waals surface area contributed by atoms with E-state index in [9.17, 15) is 4.39 Å². The summed E-state index contributed by atoms with van der Waals surface area (Å²) < 4.78 is 19.4. The first kappa shape index (κ1) is 25.8. The van der Waals surface area contributed by atoms with E-state index in [1.807, 2.05) is 48.0 Å². The lowest BCUT2D eigenvalue weighted by Crippen LogP contribution is -2.12. The summed E-state index contributed by atoms with van der Waals surface area (Å²) in [6.45, 7) is 7.13. The molecule has 0 saturated heterocycles. The Morgan fingerprint density at radius 3 is 2.57 bits per heavy atom. The number of hydrogen-bond donors (Lipinski definition) is 0. The van der Waals surface area contributed by atoms with Crippen LogP contribution in [0.5, 0.6) is 5.88 Å². The SMILES string of the molecule is CC/C=C/N(C=C(C)C)c1ncc(/C=C/c2nc3n(n2)CCCC3)nc1OC.Fc1ccccc1. The van der Waals surface area contributed by atoms with E-state index < -0.39 is 0 Å². The van der Waals surface area contributed by atoms with Crippen molar-refractivity contribution < 1.29 is 9.13 Å². The average Bonchev–Trinajstić information content (AvgIpc) is 3.29. The molecule has 0 saturated carbocycles. The summed E-state index contributed by atoms with van der Waals surface area (Å²) in [6.07, 6.45) is 15.8. The Kier molecular flexibility index (Phi) is 9.71. The van der Waals surface area contributed by atoms with E-state index in [0.717, 1.165) is 37.2 Å². The van der Waals surface area contributed by atoms with E-state index in [1.54, 1.807) is 31.5 Å². The molecule has 0 unspecified atom stereocenters. The Morgan fingerprint density at radius 2 is 1.94 bits per heavy atom. The molecule has 1 aliphatic heterocycles. The first-order chi connectivity index (χ1) is 17.0. The van der Waals surface area contributed by atoms with Gasteiger partial charge in [0.2, 0.25) is 0 Å². The highest BCUT2D eigenvalue weighted by Gasteiger charge is 2.14. The van der Waals surface area contributed by atoms with E-state index >= 15 is 0 Å². The summed E-state index contributed by atoms with van der Waals surface area (Å²) in [4.78, 5) is 15.7. The van der Waals surface area contributed by atoms with Crippen LogP contribution in [-0.4, -0.2) is 31.8 Å². The molecule has 0 bridgehead atoms. The van der Waals surface area contributed by atoms with Crippen molar-refractivity contribution in [2.45, 2.75) is 53.0 Å². The normalized spacial score (nSPS) is 12.7. The van der Waals surface area contributed by atoms with Gasteiger partial charge in [0.05, 0.1) is 19.0 Å². The quantitative estimate of drug-likeness (QED) is 0.413. The number of benzene rings is 1. The van der Waals surface area contributed by atoms with E-state index in [-0.39, 0.29) is 5.82 Å². The van der Waals surface area contributed by atoms with Gasteiger partial charge in [0.15, 0.2) is 11.6 Å². The lowest BCUT2D eigenvalue weighted by atomic mass is 10.2. The van der Waals surface area contributed by atoms with Crippen LogP contribution in [0.3, 0.4) is 0 Å². The summed E-state index contributed by atoms with van der Waals surface area (Å²) in [5.41, 5.74) is 1.85. The predicted octanol–water partition coefficient (Wildman–Crippen LogP) is 6.06. The van der Waals surface area contributed by atoms with Gasteiger partial charge >= 0.3 is 0 Å². The number of anilines is 1. The van der Waals surface area contributed by atoms with Crippen molar-refractivity contribution in [1.29, 1.82) is 0 Å². The number of halogens is 1. The highest BCUT2D eigenvalue weighted by molar-refractivity contribution is 5.66. The first-order valence-corrected chi connectivity index (χ1v) is 11.8. The van der Waals surface area contributed by atoms with Gasteiger partial charge in [-0.2, -0.15) is 5.10 Å². The van der Waals surface area contributed by atoms with E-state index in [0.29, 0.717) is 23.2 Å². The van der Waals surface area contributed by atoms with Gasteiger partial charge in [0.25, 0.3) is 5.88 Å². The zero-order valence-corrected chi connectivity index (χ0v) is 20.9. The molecule has 3 aromatic rings. The fraction of sp³-hybridized carbons (Fsp3) is 0.333. The van der Waals surface area contributed by atoms with Gasteiger partial charge < -0.3 is 9.64 Å². The number of allylic oxidation sites excluding steroid dienone is 2. The third kappa shape index (κ3) is 7.88. The number of aryl methyl sites for hydroxylation is 2. The third-order valence-corrected chi connectivity index (χ3v) is 5.00. The zero-order chi connectivity index (χ0) is 25.0. The minimum atomic E-state index is -0.178. The number of nitrogens with zero attached hydrogens (tertiary/aromatic N) is 6. The summed E-state index contributed by atoms with van der Waals surface area (Å²) in [7, 11) is 1.61. The maximum atomic E-state index is 11.9. The lowest BCUT2D eigenvalue weighted by Gasteiger charge is -2.17. The Hall–Kier alpha value is -3.81. The minimum absolute atomic E-state index is 0.178. The van der Waals surface area contributed by atoms with Gasteiger partial charge in [-0.25, -0.2) is 24.0 Å². The van der Waals surface area contributed by atoms with Crippen LogP contribution in [0, 0.1) is 5.82 Å². The average molecular weight is 477 g/mol. The fourth-order valence-electron chi connectivity index (χ4n) is 3.39. The molecule has 0 aliphatic carbocycles. The van der Waals surface area contributed by atoms with Gasteiger partial charge in [0, 0.05) is 25.4 Å². The topological polar surface area (TPSA) is 69.0 Å². The molecular formula is C27H33FN6O. The van der Waals surface area contributed by atoms with Gasteiger partial charge in [-0.3, -0.25) is 0 Å². The van der Waals surface area contributed by atoms with Crippen molar-refractivity contribution in [3.63, 3.8) is 0 Å². The summed E-state index contributed by atoms with van der Waals surface area (Å²) in [5.74, 6) is 2.71. The second kappa shape index (κ2) is 13.2. The maximum absolute atomic E-state index is 11.9. The van der Waals surface area contributed by atoms with E-state index in [2.05, 4.69) is 33.1 Å². The Labute approximate surface area is 206 Å². The lowest BCUT2D eigenvalue weighted by molar-refractivity contribution is 0.396. The molecular weight excluding hydrogens is 443 g/mol. The van der Waals surface area contributed by atoms with E-state index in [1.165, 1.54) is 18.6 Å². The molecule has 0 fully saturated rings. The first-order valence-electron chi connectivity index (χ1n) is 11.8. The summed E-state index contributed by atoms with van der Waals surface area (Å²) in [6, 6.07) is 7.94. The Bertz CT molecular complexity index is 1140. The molecule has 2 aromatic heterocycles. The molecule has 0 spiro atoms. The largest absolute Gasteiger partial charge is 0.478 e. The van der Waals surface area contributed by atoms with Crippen LogP contribution in [0.2, 0.25) is 0 Å². The number of aromatic nitrogens is 5. The number of ether oxygens (including phenoxy) is 1. The van der Waals surface area contributed by atoms with Crippen molar-refractivity contribution in [3.8, 4) is 5.88 Å². The standard InChI is InChI=1S/C21H28N6O.C6H5F/c1-5-6-12-26(15-16(2)3)20-21(28-4)23-17(14-22-20)10-11-18-24-19-9-7-8-13-27(19)25-18;7-6-4-2-1-3-5-6/h6,10-12,14-15H,5,7-9,13H2,1-4H3;1-5H/b11-10+,12-6+;.